The Bertz CT molecular complexity index is 546. The van der Waals surface area contributed by atoms with E-state index in [2.05, 4.69) is 17.3 Å². The first-order valence-electron chi connectivity index (χ1n) is 8.77. The number of piperazine rings is 1. The summed E-state index contributed by atoms with van der Waals surface area (Å²) in [5.41, 5.74) is 8.52. The minimum absolute atomic E-state index is 0.0917. The summed E-state index contributed by atoms with van der Waals surface area (Å²) in [7, 11) is 2.09. The average Bonchev–Trinajstić information content (AvgIpc) is 2.58. The van der Waals surface area contributed by atoms with Crippen molar-refractivity contribution in [3.05, 3.63) is 23.8 Å². The van der Waals surface area contributed by atoms with E-state index in [1.165, 1.54) is 32.1 Å². The predicted octanol–water partition coefficient (Wildman–Crippen LogP) is 2.40. The number of nitrogens with one attached hydrogen (secondary N) is 1. The van der Waals surface area contributed by atoms with Crippen molar-refractivity contribution in [2.24, 2.45) is 0 Å². The van der Waals surface area contributed by atoms with E-state index >= 15 is 0 Å². The van der Waals surface area contributed by atoms with Crippen molar-refractivity contribution in [3.8, 4) is 0 Å². The number of nitrogens with two attached hydrogens (primary N) is 1. The molecule has 0 unspecified atom stereocenters. The van der Waals surface area contributed by atoms with Gasteiger partial charge in [0.1, 0.15) is 0 Å². The maximum absolute atomic E-state index is 12.6. The Labute approximate surface area is 138 Å². The number of carbonyl (C=O) groups is 1. The van der Waals surface area contributed by atoms with E-state index in [4.69, 9.17) is 5.73 Å². The molecule has 0 radical (unpaired) electrons. The van der Waals surface area contributed by atoms with E-state index in [9.17, 15) is 4.79 Å². The van der Waals surface area contributed by atoms with Gasteiger partial charge < -0.3 is 20.9 Å². The molecule has 1 saturated heterocycles. The Morgan fingerprint density at radius 1 is 1.13 bits per heavy atom. The van der Waals surface area contributed by atoms with Gasteiger partial charge in [-0.1, -0.05) is 19.3 Å². The minimum Gasteiger partial charge on any atom is -0.397 e. The summed E-state index contributed by atoms with van der Waals surface area (Å²) in [6, 6.07) is 6.21. The Balaban J connectivity index is 1.65. The van der Waals surface area contributed by atoms with Crippen molar-refractivity contribution in [1.82, 2.24) is 9.80 Å². The number of amides is 1. The highest BCUT2D eigenvalue weighted by atomic mass is 16.2. The van der Waals surface area contributed by atoms with Crippen molar-refractivity contribution >= 4 is 17.3 Å². The van der Waals surface area contributed by atoms with Crippen LogP contribution in [-0.4, -0.2) is 55.0 Å². The second kappa shape index (κ2) is 7.21. The molecule has 2 aliphatic rings. The second-order valence-corrected chi connectivity index (χ2v) is 6.88. The van der Waals surface area contributed by atoms with Crippen molar-refractivity contribution in [2.45, 2.75) is 38.1 Å². The van der Waals surface area contributed by atoms with E-state index in [0.717, 1.165) is 31.9 Å². The summed E-state index contributed by atoms with van der Waals surface area (Å²) in [4.78, 5) is 16.8. The van der Waals surface area contributed by atoms with Crippen LogP contribution in [0, 0.1) is 0 Å². The predicted molar refractivity (Wildman–Crippen MR) is 94.8 cm³/mol. The fourth-order valence-electron chi connectivity index (χ4n) is 3.49. The topological polar surface area (TPSA) is 61.6 Å². The molecule has 0 spiro atoms. The van der Waals surface area contributed by atoms with E-state index in [-0.39, 0.29) is 5.91 Å². The normalized spacial score (nSPS) is 20.5. The van der Waals surface area contributed by atoms with Crippen LogP contribution in [0.15, 0.2) is 18.2 Å². The first kappa shape index (κ1) is 16.1. The number of benzene rings is 1. The molecule has 1 amide bonds. The lowest BCUT2D eigenvalue weighted by Crippen LogP contribution is -2.47. The zero-order valence-corrected chi connectivity index (χ0v) is 14.1. The SMILES string of the molecule is CN1CCN(C(=O)c2ccc(NC3CCCCC3)c(N)c2)CC1. The first-order chi connectivity index (χ1) is 11.1. The van der Waals surface area contributed by atoms with Gasteiger partial charge in [-0.2, -0.15) is 0 Å². The molecule has 2 fully saturated rings. The summed E-state index contributed by atoms with van der Waals surface area (Å²) in [6.45, 7) is 3.44. The molecule has 1 aliphatic heterocycles. The van der Waals surface area contributed by atoms with Crippen LogP contribution in [-0.2, 0) is 0 Å². The molecule has 1 aromatic rings. The zero-order chi connectivity index (χ0) is 16.2. The highest BCUT2D eigenvalue weighted by Crippen LogP contribution is 2.26. The van der Waals surface area contributed by atoms with Gasteiger partial charge in [0.15, 0.2) is 0 Å². The van der Waals surface area contributed by atoms with Gasteiger partial charge in [-0.05, 0) is 38.1 Å². The fourth-order valence-corrected chi connectivity index (χ4v) is 3.49. The highest BCUT2D eigenvalue weighted by Gasteiger charge is 2.21. The smallest absolute Gasteiger partial charge is 0.254 e. The molecule has 0 aromatic heterocycles. The van der Waals surface area contributed by atoms with Gasteiger partial charge in [-0.3, -0.25) is 4.79 Å². The number of anilines is 2. The second-order valence-electron chi connectivity index (χ2n) is 6.88. The largest absolute Gasteiger partial charge is 0.397 e. The molecule has 126 valence electrons. The van der Waals surface area contributed by atoms with Crippen molar-refractivity contribution in [2.75, 3.05) is 44.3 Å². The maximum atomic E-state index is 12.6. The first-order valence-corrected chi connectivity index (χ1v) is 8.77. The quantitative estimate of drug-likeness (QED) is 0.841. The van der Waals surface area contributed by atoms with E-state index in [1.54, 1.807) is 0 Å². The number of likely N-dealkylation sites (N-methyl/N-ethyl adjacent to an activating group) is 1. The molecule has 5 heteroatoms. The third kappa shape index (κ3) is 3.96. The summed E-state index contributed by atoms with van der Waals surface area (Å²) >= 11 is 0. The number of carbonyl (C=O) groups excluding carboxylic acids is 1. The molecule has 0 bridgehead atoms. The van der Waals surface area contributed by atoms with Gasteiger partial charge in [0.25, 0.3) is 5.91 Å². The Hall–Kier alpha value is -1.75. The Morgan fingerprint density at radius 2 is 1.83 bits per heavy atom. The van der Waals surface area contributed by atoms with Gasteiger partial charge in [-0.15, -0.1) is 0 Å². The summed E-state index contributed by atoms with van der Waals surface area (Å²) < 4.78 is 0. The van der Waals surface area contributed by atoms with Crippen LogP contribution >= 0.6 is 0 Å². The molecule has 0 atom stereocenters. The molecule has 1 heterocycles. The van der Waals surface area contributed by atoms with Crippen LogP contribution in [0.2, 0.25) is 0 Å². The molecule has 1 aromatic carbocycles. The maximum Gasteiger partial charge on any atom is 0.254 e. The molecule has 3 N–H and O–H groups in total. The van der Waals surface area contributed by atoms with Crippen LogP contribution < -0.4 is 11.1 Å². The van der Waals surface area contributed by atoms with E-state index < -0.39 is 0 Å². The van der Waals surface area contributed by atoms with E-state index in [1.807, 2.05) is 23.1 Å². The van der Waals surface area contributed by atoms with Crippen molar-refractivity contribution in [1.29, 1.82) is 0 Å². The van der Waals surface area contributed by atoms with Gasteiger partial charge in [0.05, 0.1) is 11.4 Å². The molecular formula is C18H28N4O. The molecule has 3 rings (SSSR count). The lowest BCUT2D eigenvalue weighted by Gasteiger charge is -2.32. The standard InChI is InChI=1S/C18H28N4O/c1-21-9-11-22(12-10-21)18(23)14-7-8-17(16(19)13-14)20-15-5-3-2-4-6-15/h7-8,13,15,20H,2-6,9-12,19H2,1H3. The molecule has 23 heavy (non-hydrogen) atoms. The summed E-state index contributed by atoms with van der Waals surface area (Å²) in [5.74, 6) is 0.0917. The minimum atomic E-state index is 0.0917. The average molecular weight is 316 g/mol. The van der Waals surface area contributed by atoms with Crippen LogP contribution in [0.1, 0.15) is 42.5 Å². The lowest BCUT2D eigenvalue weighted by molar-refractivity contribution is 0.0664. The molecule has 1 aliphatic carbocycles. The highest BCUT2D eigenvalue weighted by molar-refractivity contribution is 5.96. The monoisotopic (exact) mass is 316 g/mol. The van der Waals surface area contributed by atoms with Gasteiger partial charge >= 0.3 is 0 Å². The Kier molecular flexibility index (Phi) is 5.06. The molecule has 5 nitrogen and oxygen atoms in total. The molecule has 1 saturated carbocycles. The van der Waals surface area contributed by atoms with Crippen LogP contribution in [0.5, 0.6) is 0 Å². The van der Waals surface area contributed by atoms with Crippen molar-refractivity contribution < 1.29 is 4.79 Å². The summed E-state index contributed by atoms with van der Waals surface area (Å²) in [5, 5.41) is 3.54. The van der Waals surface area contributed by atoms with Crippen LogP contribution in [0.3, 0.4) is 0 Å². The third-order valence-electron chi connectivity index (χ3n) is 5.05. The van der Waals surface area contributed by atoms with Gasteiger partial charge in [0, 0.05) is 37.8 Å². The molecular weight excluding hydrogens is 288 g/mol. The third-order valence-corrected chi connectivity index (χ3v) is 5.05. The number of hydrogen-bond donors (Lipinski definition) is 2. The van der Waals surface area contributed by atoms with Crippen molar-refractivity contribution in [3.63, 3.8) is 0 Å². The van der Waals surface area contributed by atoms with Crippen LogP contribution in [0.25, 0.3) is 0 Å². The van der Waals surface area contributed by atoms with Gasteiger partial charge in [-0.25, -0.2) is 0 Å². The van der Waals surface area contributed by atoms with Gasteiger partial charge in [0.2, 0.25) is 0 Å². The number of rotatable bonds is 3. The number of nitrogens with zero attached hydrogens (tertiary/aromatic N) is 2. The Morgan fingerprint density at radius 3 is 2.48 bits per heavy atom. The number of nitrogen functional groups attached to an aromatic ring is 1. The van der Waals surface area contributed by atoms with Crippen LogP contribution in [0.4, 0.5) is 11.4 Å². The fraction of sp³-hybridized carbons (Fsp3) is 0.611. The summed E-state index contributed by atoms with van der Waals surface area (Å²) in [6.07, 6.45) is 6.34. The number of hydrogen-bond acceptors (Lipinski definition) is 4. The lowest BCUT2D eigenvalue weighted by atomic mass is 9.95. The van der Waals surface area contributed by atoms with E-state index in [0.29, 0.717) is 17.3 Å². The zero-order valence-electron chi connectivity index (χ0n) is 14.1.